The Morgan fingerprint density at radius 1 is 1.31 bits per heavy atom. The Bertz CT molecular complexity index is 268. The number of carboxylic acid groups (broad SMARTS) is 1. The molecule has 0 spiro atoms. The summed E-state index contributed by atoms with van der Waals surface area (Å²) in [6.07, 6.45) is 0.797. The fourth-order valence-electron chi connectivity index (χ4n) is 1.83. The van der Waals surface area contributed by atoms with Crippen LogP contribution in [0.1, 0.15) is 13.3 Å². The van der Waals surface area contributed by atoms with E-state index in [0.29, 0.717) is 19.6 Å². The molecule has 1 fully saturated rings. The van der Waals surface area contributed by atoms with Gasteiger partial charge in [-0.2, -0.15) is 0 Å². The van der Waals surface area contributed by atoms with Crippen LogP contribution < -0.4 is 5.73 Å². The lowest BCUT2D eigenvalue weighted by Crippen LogP contribution is -2.44. The van der Waals surface area contributed by atoms with E-state index in [1.54, 1.807) is 11.8 Å². The molecule has 0 bridgehead atoms. The van der Waals surface area contributed by atoms with Crippen molar-refractivity contribution in [2.45, 2.75) is 19.4 Å². The van der Waals surface area contributed by atoms with Crippen molar-refractivity contribution in [3.05, 3.63) is 0 Å². The first-order valence-corrected chi connectivity index (χ1v) is 5.49. The standard InChI is InChI=1S/C10H19N3O3/c1-8(11)10(16)13-4-2-3-12(5-6-13)7-9(14)15/h8H,2-7,11H2,1H3,(H,14,15). The van der Waals surface area contributed by atoms with Gasteiger partial charge in [-0.05, 0) is 13.3 Å². The van der Waals surface area contributed by atoms with E-state index in [2.05, 4.69) is 0 Å². The van der Waals surface area contributed by atoms with Crippen LogP contribution in [0.2, 0.25) is 0 Å². The molecule has 6 heteroatoms. The second kappa shape index (κ2) is 5.81. The summed E-state index contributed by atoms with van der Waals surface area (Å²) in [5.74, 6) is -0.885. The topological polar surface area (TPSA) is 86.9 Å². The maximum atomic E-state index is 11.6. The molecule has 1 amide bonds. The van der Waals surface area contributed by atoms with Crippen LogP contribution in [-0.2, 0) is 9.59 Å². The van der Waals surface area contributed by atoms with Gasteiger partial charge in [0.15, 0.2) is 0 Å². The number of hydrogen-bond acceptors (Lipinski definition) is 4. The molecule has 0 aliphatic carbocycles. The zero-order valence-corrected chi connectivity index (χ0v) is 9.56. The molecule has 0 radical (unpaired) electrons. The fourth-order valence-corrected chi connectivity index (χ4v) is 1.83. The van der Waals surface area contributed by atoms with Gasteiger partial charge in [-0.15, -0.1) is 0 Å². The molecule has 1 aliphatic rings. The number of rotatable bonds is 3. The lowest BCUT2D eigenvalue weighted by molar-refractivity contribution is -0.138. The summed E-state index contributed by atoms with van der Waals surface area (Å²) in [5, 5.41) is 8.68. The van der Waals surface area contributed by atoms with Gasteiger partial charge in [0.05, 0.1) is 12.6 Å². The highest BCUT2D eigenvalue weighted by Gasteiger charge is 2.21. The summed E-state index contributed by atoms with van der Waals surface area (Å²) in [5.41, 5.74) is 5.53. The van der Waals surface area contributed by atoms with Crippen molar-refractivity contribution in [3.63, 3.8) is 0 Å². The van der Waals surface area contributed by atoms with E-state index < -0.39 is 12.0 Å². The largest absolute Gasteiger partial charge is 0.480 e. The summed E-state index contributed by atoms with van der Waals surface area (Å²) in [6.45, 7) is 4.26. The monoisotopic (exact) mass is 229 g/mol. The van der Waals surface area contributed by atoms with Gasteiger partial charge in [-0.3, -0.25) is 14.5 Å². The Kier molecular flexibility index (Phi) is 4.70. The summed E-state index contributed by atoms with van der Waals surface area (Å²) in [4.78, 5) is 25.8. The molecule has 1 heterocycles. The van der Waals surface area contributed by atoms with E-state index in [9.17, 15) is 9.59 Å². The second-order valence-electron chi connectivity index (χ2n) is 4.14. The van der Waals surface area contributed by atoms with E-state index in [4.69, 9.17) is 10.8 Å². The maximum Gasteiger partial charge on any atom is 0.317 e. The van der Waals surface area contributed by atoms with Crippen molar-refractivity contribution >= 4 is 11.9 Å². The molecule has 16 heavy (non-hydrogen) atoms. The third-order valence-corrected chi connectivity index (χ3v) is 2.65. The Morgan fingerprint density at radius 2 is 2.00 bits per heavy atom. The third-order valence-electron chi connectivity index (χ3n) is 2.65. The highest BCUT2D eigenvalue weighted by molar-refractivity contribution is 5.81. The summed E-state index contributed by atoms with van der Waals surface area (Å²) in [6, 6.07) is -0.481. The van der Waals surface area contributed by atoms with E-state index >= 15 is 0 Å². The van der Waals surface area contributed by atoms with Crippen LogP contribution in [0.15, 0.2) is 0 Å². The predicted octanol–water partition coefficient (Wildman–Crippen LogP) is -1.05. The minimum absolute atomic E-state index is 0.0419. The third kappa shape index (κ3) is 3.79. The number of hydrogen-bond donors (Lipinski definition) is 2. The number of nitrogens with two attached hydrogens (primary N) is 1. The molecular weight excluding hydrogens is 210 g/mol. The summed E-state index contributed by atoms with van der Waals surface area (Å²) < 4.78 is 0. The van der Waals surface area contributed by atoms with Crippen LogP contribution in [0, 0.1) is 0 Å². The van der Waals surface area contributed by atoms with Gasteiger partial charge in [0.2, 0.25) is 5.91 Å². The molecule has 6 nitrogen and oxygen atoms in total. The molecule has 0 aromatic carbocycles. The highest BCUT2D eigenvalue weighted by atomic mass is 16.4. The molecule has 3 N–H and O–H groups in total. The number of carbonyl (C=O) groups excluding carboxylic acids is 1. The minimum Gasteiger partial charge on any atom is -0.480 e. The van der Waals surface area contributed by atoms with E-state index in [-0.39, 0.29) is 12.5 Å². The van der Waals surface area contributed by atoms with Crippen LogP contribution in [0.4, 0.5) is 0 Å². The average molecular weight is 229 g/mol. The molecule has 1 unspecified atom stereocenters. The Balaban J connectivity index is 2.46. The normalized spacial score (nSPS) is 20.2. The first-order chi connectivity index (χ1) is 7.50. The Hall–Kier alpha value is -1.14. The SMILES string of the molecule is CC(N)C(=O)N1CCCN(CC(=O)O)CC1. The van der Waals surface area contributed by atoms with Gasteiger partial charge in [-0.25, -0.2) is 0 Å². The van der Waals surface area contributed by atoms with Crippen molar-refractivity contribution in [2.75, 3.05) is 32.7 Å². The number of amides is 1. The van der Waals surface area contributed by atoms with E-state index in [0.717, 1.165) is 13.0 Å². The average Bonchev–Trinajstić information content (AvgIpc) is 2.41. The predicted molar refractivity (Wildman–Crippen MR) is 58.9 cm³/mol. The molecule has 0 saturated carbocycles. The van der Waals surface area contributed by atoms with Crippen LogP contribution in [0.3, 0.4) is 0 Å². The second-order valence-corrected chi connectivity index (χ2v) is 4.14. The van der Waals surface area contributed by atoms with Gasteiger partial charge in [0.25, 0.3) is 0 Å². The fraction of sp³-hybridized carbons (Fsp3) is 0.800. The summed E-state index contributed by atoms with van der Waals surface area (Å²) >= 11 is 0. The molecule has 1 aliphatic heterocycles. The number of carbonyl (C=O) groups is 2. The zero-order valence-electron chi connectivity index (χ0n) is 9.56. The molecule has 92 valence electrons. The van der Waals surface area contributed by atoms with Gasteiger partial charge < -0.3 is 15.7 Å². The summed E-state index contributed by atoms with van der Waals surface area (Å²) in [7, 11) is 0. The van der Waals surface area contributed by atoms with Gasteiger partial charge >= 0.3 is 5.97 Å². The van der Waals surface area contributed by atoms with E-state index in [1.807, 2.05) is 4.90 Å². The van der Waals surface area contributed by atoms with Gasteiger partial charge in [-0.1, -0.05) is 0 Å². The van der Waals surface area contributed by atoms with Gasteiger partial charge in [0.1, 0.15) is 0 Å². The van der Waals surface area contributed by atoms with Crippen LogP contribution in [0.5, 0.6) is 0 Å². The van der Waals surface area contributed by atoms with E-state index in [1.165, 1.54) is 0 Å². The van der Waals surface area contributed by atoms with Crippen LogP contribution in [0.25, 0.3) is 0 Å². The number of nitrogens with zero attached hydrogens (tertiary/aromatic N) is 2. The van der Waals surface area contributed by atoms with Gasteiger partial charge in [0, 0.05) is 26.2 Å². The first-order valence-electron chi connectivity index (χ1n) is 5.49. The molecule has 0 aromatic heterocycles. The Labute approximate surface area is 95.0 Å². The number of carboxylic acids is 1. The molecule has 0 aromatic rings. The zero-order chi connectivity index (χ0) is 12.1. The molecule has 1 rings (SSSR count). The lowest BCUT2D eigenvalue weighted by atomic mass is 10.3. The maximum absolute atomic E-state index is 11.6. The molecule has 1 atom stereocenters. The van der Waals surface area contributed by atoms with Crippen molar-refractivity contribution in [1.29, 1.82) is 0 Å². The van der Waals surface area contributed by atoms with Crippen molar-refractivity contribution < 1.29 is 14.7 Å². The smallest absolute Gasteiger partial charge is 0.317 e. The van der Waals surface area contributed by atoms with Crippen molar-refractivity contribution in [3.8, 4) is 0 Å². The van der Waals surface area contributed by atoms with Crippen LogP contribution >= 0.6 is 0 Å². The quantitative estimate of drug-likeness (QED) is 0.645. The first kappa shape index (κ1) is 12.9. The van der Waals surface area contributed by atoms with Crippen molar-refractivity contribution in [2.24, 2.45) is 5.73 Å². The van der Waals surface area contributed by atoms with Crippen LogP contribution in [-0.4, -0.2) is 65.5 Å². The minimum atomic E-state index is -0.827. The lowest BCUT2D eigenvalue weighted by Gasteiger charge is -2.22. The Morgan fingerprint density at radius 3 is 2.56 bits per heavy atom. The number of aliphatic carboxylic acids is 1. The molecule has 1 saturated heterocycles. The molecular formula is C10H19N3O3. The highest BCUT2D eigenvalue weighted by Crippen LogP contribution is 2.04. The van der Waals surface area contributed by atoms with Crippen molar-refractivity contribution in [1.82, 2.24) is 9.80 Å².